The largest absolute Gasteiger partial charge is 0.380 e. The van der Waals surface area contributed by atoms with E-state index in [9.17, 15) is 19.2 Å². The number of carbonyl (C=O) groups excluding carboxylic acids is 4. The quantitative estimate of drug-likeness (QED) is 0.607. The molecular weight excluding hydrogens is 472 g/mol. The van der Waals surface area contributed by atoms with E-state index in [0.29, 0.717) is 41.9 Å². The van der Waals surface area contributed by atoms with E-state index in [4.69, 9.17) is 0 Å². The average molecular weight is 503 g/mol. The highest BCUT2D eigenvalue weighted by atomic mass is 16.2. The van der Waals surface area contributed by atoms with Crippen molar-refractivity contribution < 1.29 is 19.2 Å². The zero-order valence-corrected chi connectivity index (χ0v) is 20.8. The lowest BCUT2D eigenvalue weighted by Crippen LogP contribution is -2.51. The molecule has 6 rings (SSSR count). The van der Waals surface area contributed by atoms with Crippen molar-refractivity contribution in [3.63, 3.8) is 0 Å². The van der Waals surface area contributed by atoms with Gasteiger partial charge in [-0.1, -0.05) is 12.6 Å². The van der Waals surface area contributed by atoms with Crippen LogP contribution >= 0.6 is 0 Å². The van der Waals surface area contributed by atoms with Gasteiger partial charge in [0, 0.05) is 48.7 Å². The summed E-state index contributed by atoms with van der Waals surface area (Å²) in [5, 5.41) is 10.6. The fraction of sp³-hybridized carbons (Fsp3) is 0.444. The molecule has 2 N–H and O–H groups in total. The minimum Gasteiger partial charge on any atom is -0.380 e. The molecular formula is C27H30N6O4. The summed E-state index contributed by atoms with van der Waals surface area (Å²) >= 11 is 0. The number of rotatable bonds is 5. The Morgan fingerprint density at radius 3 is 2.57 bits per heavy atom. The molecule has 0 saturated carbocycles. The van der Waals surface area contributed by atoms with Crippen LogP contribution in [0.1, 0.15) is 77.8 Å². The van der Waals surface area contributed by atoms with Gasteiger partial charge in [0.2, 0.25) is 11.8 Å². The van der Waals surface area contributed by atoms with Gasteiger partial charge in [-0.05, 0) is 50.7 Å². The lowest BCUT2D eigenvalue weighted by atomic mass is 9.97. The summed E-state index contributed by atoms with van der Waals surface area (Å²) in [7, 11) is 0. The molecule has 192 valence electrons. The lowest BCUT2D eigenvalue weighted by Gasteiger charge is -2.38. The van der Waals surface area contributed by atoms with Crippen molar-refractivity contribution in [3.05, 3.63) is 59.6 Å². The predicted octanol–water partition coefficient (Wildman–Crippen LogP) is 2.60. The first-order chi connectivity index (χ1) is 17.8. The van der Waals surface area contributed by atoms with Crippen molar-refractivity contribution in [2.75, 3.05) is 5.32 Å². The Labute approximate surface area is 214 Å². The predicted molar refractivity (Wildman–Crippen MR) is 134 cm³/mol. The first kappa shape index (κ1) is 23.4. The maximum atomic E-state index is 13.3. The van der Waals surface area contributed by atoms with Gasteiger partial charge in [0.1, 0.15) is 6.04 Å². The Balaban J connectivity index is 1.15. The third kappa shape index (κ3) is 3.91. The molecule has 4 aliphatic heterocycles. The van der Waals surface area contributed by atoms with Gasteiger partial charge in [0.05, 0.1) is 23.4 Å². The molecule has 1 aromatic carbocycles. The van der Waals surface area contributed by atoms with Crippen LogP contribution in [-0.4, -0.2) is 61.3 Å². The third-order valence-electron chi connectivity index (χ3n) is 8.16. The average Bonchev–Trinajstić information content (AvgIpc) is 3.52. The van der Waals surface area contributed by atoms with Crippen LogP contribution in [0.3, 0.4) is 0 Å². The summed E-state index contributed by atoms with van der Waals surface area (Å²) < 4.78 is 2.00. The Bertz CT molecular complexity index is 1320. The smallest absolute Gasteiger partial charge is 0.264 e. The molecule has 1 aromatic heterocycles. The van der Waals surface area contributed by atoms with Gasteiger partial charge in [0.25, 0.3) is 11.8 Å². The van der Waals surface area contributed by atoms with E-state index >= 15 is 0 Å². The Morgan fingerprint density at radius 1 is 1.11 bits per heavy atom. The van der Waals surface area contributed by atoms with Crippen LogP contribution < -0.4 is 10.6 Å². The summed E-state index contributed by atoms with van der Waals surface area (Å²) in [6.45, 7) is 5.86. The summed E-state index contributed by atoms with van der Waals surface area (Å²) in [4.78, 5) is 54.1. The summed E-state index contributed by atoms with van der Waals surface area (Å²) in [6.07, 6.45) is 8.64. The van der Waals surface area contributed by atoms with E-state index in [2.05, 4.69) is 22.3 Å². The molecule has 2 bridgehead atoms. The van der Waals surface area contributed by atoms with Crippen molar-refractivity contribution in [1.82, 2.24) is 24.9 Å². The van der Waals surface area contributed by atoms with Gasteiger partial charge in [0.15, 0.2) is 0 Å². The van der Waals surface area contributed by atoms with Crippen LogP contribution in [-0.2, 0) is 16.1 Å². The topological polar surface area (TPSA) is 117 Å². The highest BCUT2D eigenvalue weighted by Crippen LogP contribution is 2.40. The molecule has 0 spiro atoms. The Kier molecular flexibility index (Phi) is 5.62. The zero-order valence-electron chi connectivity index (χ0n) is 20.8. The van der Waals surface area contributed by atoms with E-state index < -0.39 is 17.9 Å². The van der Waals surface area contributed by atoms with Crippen molar-refractivity contribution in [3.8, 4) is 0 Å². The van der Waals surface area contributed by atoms with E-state index in [1.54, 1.807) is 25.1 Å². The number of nitrogens with one attached hydrogen (secondary N) is 2. The van der Waals surface area contributed by atoms with Crippen LogP contribution in [0.5, 0.6) is 0 Å². The number of piperidine rings is 2. The van der Waals surface area contributed by atoms with Crippen molar-refractivity contribution in [1.29, 1.82) is 0 Å². The van der Waals surface area contributed by atoms with E-state index in [1.807, 2.05) is 22.0 Å². The van der Waals surface area contributed by atoms with Gasteiger partial charge in [-0.15, -0.1) is 0 Å². The number of amides is 4. The SMILES string of the molecule is C=C1CCC(N2C(=O)c3cccc(NCc4cnn(C5CC6CCC(C5)N6C(C)=O)c4)c3C2=O)C(=O)N1. The number of carbonyl (C=O) groups is 4. The number of hydrogen-bond donors (Lipinski definition) is 2. The first-order valence-corrected chi connectivity index (χ1v) is 12.9. The molecule has 0 aliphatic carbocycles. The van der Waals surface area contributed by atoms with Gasteiger partial charge < -0.3 is 15.5 Å². The molecule has 37 heavy (non-hydrogen) atoms. The normalized spacial score (nSPS) is 26.9. The second-order valence-corrected chi connectivity index (χ2v) is 10.5. The molecule has 4 aliphatic rings. The van der Waals surface area contributed by atoms with E-state index in [0.717, 1.165) is 36.1 Å². The van der Waals surface area contributed by atoms with Crippen LogP contribution in [0.2, 0.25) is 0 Å². The molecule has 3 fully saturated rings. The van der Waals surface area contributed by atoms with E-state index in [1.165, 1.54) is 0 Å². The maximum absolute atomic E-state index is 13.3. The highest BCUT2D eigenvalue weighted by Gasteiger charge is 2.45. The molecule has 3 unspecified atom stereocenters. The van der Waals surface area contributed by atoms with Gasteiger partial charge in [-0.3, -0.25) is 28.8 Å². The number of nitrogens with zero attached hydrogens (tertiary/aromatic N) is 4. The molecule has 10 nitrogen and oxygen atoms in total. The second kappa shape index (κ2) is 8.86. The van der Waals surface area contributed by atoms with Gasteiger partial charge in [-0.25, -0.2) is 0 Å². The zero-order chi connectivity index (χ0) is 25.8. The summed E-state index contributed by atoms with van der Waals surface area (Å²) in [5.74, 6) is -1.13. The van der Waals surface area contributed by atoms with Crippen LogP contribution in [0.15, 0.2) is 42.9 Å². The maximum Gasteiger partial charge on any atom is 0.264 e. The fourth-order valence-electron chi connectivity index (χ4n) is 6.49. The van der Waals surface area contributed by atoms with Crippen molar-refractivity contribution in [2.24, 2.45) is 0 Å². The number of allylic oxidation sites excluding steroid dienone is 1. The first-order valence-electron chi connectivity index (χ1n) is 12.9. The summed E-state index contributed by atoms with van der Waals surface area (Å²) in [5.41, 5.74) is 2.70. The molecule has 4 amide bonds. The molecule has 5 heterocycles. The fourth-order valence-corrected chi connectivity index (χ4v) is 6.49. The summed E-state index contributed by atoms with van der Waals surface area (Å²) in [6, 6.07) is 5.13. The Morgan fingerprint density at radius 2 is 1.86 bits per heavy atom. The molecule has 2 aromatic rings. The van der Waals surface area contributed by atoms with Crippen LogP contribution in [0.4, 0.5) is 5.69 Å². The number of aromatic nitrogens is 2. The monoisotopic (exact) mass is 502 g/mol. The number of anilines is 1. The number of hydrogen-bond acceptors (Lipinski definition) is 6. The Hall–Kier alpha value is -3.95. The van der Waals surface area contributed by atoms with Crippen LogP contribution in [0.25, 0.3) is 0 Å². The molecule has 3 atom stereocenters. The molecule has 0 radical (unpaired) electrons. The minimum absolute atomic E-state index is 0.160. The van der Waals surface area contributed by atoms with Gasteiger partial charge >= 0.3 is 0 Å². The van der Waals surface area contributed by atoms with E-state index in [-0.39, 0.29) is 29.9 Å². The lowest BCUT2D eigenvalue weighted by molar-refractivity contribution is -0.133. The number of imide groups is 1. The van der Waals surface area contributed by atoms with Crippen LogP contribution in [0, 0.1) is 0 Å². The molecule has 10 heteroatoms. The second-order valence-electron chi connectivity index (χ2n) is 10.5. The third-order valence-corrected chi connectivity index (χ3v) is 8.16. The standard InChI is InChI=1S/C27H30N6O4/c1-15-6-9-23(25(35)30-15)33-26(36)21-4-3-5-22(24(21)27(33)37)28-12-17-13-29-31(14-17)20-10-18-7-8-19(11-20)32(18)16(2)34/h3-5,13-14,18-20,23,28H,1,6-12H2,2H3,(H,30,35). The van der Waals surface area contributed by atoms with Gasteiger partial charge in [-0.2, -0.15) is 5.10 Å². The highest BCUT2D eigenvalue weighted by molar-refractivity contribution is 6.25. The van der Waals surface area contributed by atoms with Crippen molar-refractivity contribution >= 4 is 29.3 Å². The molecule has 3 saturated heterocycles. The minimum atomic E-state index is -0.839. The number of fused-ring (bicyclic) bond motifs is 3. The number of benzene rings is 1. The van der Waals surface area contributed by atoms with Crippen molar-refractivity contribution in [2.45, 2.75) is 76.2 Å².